The average molecular weight is 534 g/mol. The quantitative estimate of drug-likeness (QED) is 0.357. The first-order chi connectivity index (χ1) is 16.3. The lowest BCUT2D eigenvalue weighted by Gasteiger charge is -2.46. The summed E-state index contributed by atoms with van der Waals surface area (Å²) < 4.78 is 5.18. The summed E-state index contributed by atoms with van der Waals surface area (Å²) in [6.07, 6.45) is 0.180. The van der Waals surface area contributed by atoms with Crippen LogP contribution in [-0.2, 0) is 19.7 Å². The van der Waals surface area contributed by atoms with Crippen LogP contribution in [0.5, 0.6) is 0 Å². The van der Waals surface area contributed by atoms with Gasteiger partial charge in [0.05, 0.1) is 14.1 Å². The minimum Gasteiger partial charge on any atom is -0.385 e. The molecule has 1 spiro atoms. The molecule has 8 heteroatoms. The first-order valence-electron chi connectivity index (χ1n) is 11.7. The third-order valence-corrected chi connectivity index (χ3v) is 10.2. The zero-order valence-electron chi connectivity index (χ0n) is 21.2. The fourth-order valence-corrected chi connectivity index (χ4v) is 5.89. The summed E-state index contributed by atoms with van der Waals surface area (Å²) in [6, 6.07) is 12.2. The average Bonchev–Trinajstić information content (AvgIpc) is 3.05. The normalized spacial score (nSPS) is 24.1. The van der Waals surface area contributed by atoms with Crippen molar-refractivity contribution in [3.8, 4) is 0 Å². The molecule has 35 heavy (non-hydrogen) atoms. The van der Waals surface area contributed by atoms with E-state index in [0.717, 1.165) is 11.1 Å². The summed E-state index contributed by atoms with van der Waals surface area (Å²) in [6.45, 7) is 14.9. The predicted octanol–water partition coefficient (Wildman–Crippen LogP) is 6.33. The topological polar surface area (TPSA) is 67.4 Å². The largest absolute Gasteiger partial charge is 0.385 e. The number of nitrogens with one attached hydrogen (secondary N) is 2. The van der Waals surface area contributed by atoms with E-state index in [0.29, 0.717) is 27.0 Å². The van der Waals surface area contributed by atoms with Gasteiger partial charge in [-0.25, -0.2) is 0 Å². The van der Waals surface area contributed by atoms with Crippen molar-refractivity contribution in [2.45, 2.75) is 63.0 Å². The third kappa shape index (κ3) is 5.36. The number of hydrogen-bond donors (Lipinski definition) is 2. The number of hydrogen-bond acceptors (Lipinski definition) is 3. The number of ether oxygens (including phenoxy) is 1. The molecule has 0 bridgehead atoms. The molecule has 4 rings (SSSR count). The second-order valence-electron chi connectivity index (χ2n) is 10.4. The number of piperidine rings is 1. The van der Waals surface area contributed by atoms with Gasteiger partial charge in [-0.1, -0.05) is 73.2 Å². The van der Waals surface area contributed by atoms with Crippen LogP contribution in [0.2, 0.25) is 29.7 Å². The van der Waals surface area contributed by atoms with Crippen molar-refractivity contribution in [1.29, 1.82) is 0 Å². The van der Waals surface area contributed by atoms with E-state index in [1.54, 1.807) is 25.3 Å². The minimum atomic E-state index is -1.01. The van der Waals surface area contributed by atoms with Gasteiger partial charge in [0.15, 0.2) is 0 Å². The molecule has 2 aromatic rings. The standard InChI is InChI=1S/C21H18Cl2N2O2.C6H16OSi/c1-11(2)19-21(15-7-6-14(23)9-17(15)24-20(21)27)16(10-18(26)25-19)12-4-3-5-13(22)8-12;1-6(7-2)8(3,4)5/h3-9,16,19H,1,10H2,2H3,(H,24,27)(H,25,26);6H,1-5H3. The van der Waals surface area contributed by atoms with E-state index in [4.69, 9.17) is 27.9 Å². The van der Waals surface area contributed by atoms with Crippen LogP contribution in [0.4, 0.5) is 5.69 Å². The van der Waals surface area contributed by atoms with Gasteiger partial charge in [-0.3, -0.25) is 9.59 Å². The van der Waals surface area contributed by atoms with Gasteiger partial charge in [-0.15, -0.1) is 0 Å². The molecule has 2 aliphatic heterocycles. The molecule has 2 aliphatic rings. The molecule has 2 N–H and O–H groups in total. The second-order valence-corrected chi connectivity index (χ2v) is 16.8. The Morgan fingerprint density at radius 1 is 1.14 bits per heavy atom. The van der Waals surface area contributed by atoms with Crippen molar-refractivity contribution < 1.29 is 14.3 Å². The Hall–Kier alpha value is -2.12. The number of carbonyl (C=O) groups excluding carboxylic acids is 2. The van der Waals surface area contributed by atoms with Gasteiger partial charge in [0.1, 0.15) is 5.41 Å². The number of halogens is 2. The number of fused-ring (bicyclic) bond motifs is 2. The number of carbonyl (C=O) groups is 2. The lowest BCUT2D eigenvalue weighted by Crippen LogP contribution is -2.62. The monoisotopic (exact) mass is 532 g/mol. The fraction of sp³-hybridized carbons (Fsp3) is 0.407. The first kappa shape index (κ1) is 27.5. The van der Waals surface area contributed by atoms with E-state index < -0.39 is 19.5 Å². The maximum absolute atomic E-state index is 13.4. The maximum Gasteiger partial charge on any atom is 0.238 e. The Kier molecular flexibility index (Phi) is 8.22. The van der Waals surface area contributed by atoms with Crippen LogP contribution in [0.25, 0.3) is 0 Å². The Balaban J connectivity index is 0.000000371. The molecule has 5 nitrogen and oxygen atoms in total. The Bertz CT molecular complexity index is 1150. The number of anilines is 1. The van der Waals surface area contributed by atoms with Gasteiger partial charge in [-0.2, -0.15) is 0 Å². The number of methoxy groups -OCH3 is 1. The molecule has 188 valence electrons. The van der Waals surface area contributed by atoms with Crippen molar-refractivity contribution >= 4 is 48.8 Å². The molecular weight excluding hydrogens is 499 g/mol. The van der Waals surface area contributed by atoms with Gasteiger partial charge in [0.2, 0.25) is 11.8 Å². The number of rotatable bonds is 4. The molecule has 2 aromatic carbocycles. The highest BCUT2D eigenvalue weighted by Gasteiger charge is 2.60. The SMILES string of the molecule is C=C(C)C1NC(=O)CC(c2cccc(Cl)c2)C12C(=O)Nc1cc(Cl)ccc12.COC(C)[Si](C)(C)C. The molecule has 2 heterocycles. The third-order valence-electron chi connectivity index (χ3n) is 7.07. The lowest BCUT2D eigenvalue weighted by atomic mass is 9.59. The minimum absolute atomic E-state index is 0.117. The maximum atomic E-state index is 13.4. The van der Waals surface area contributed by atoms with Gasteiger partial charge < -0.3 is 15.4 Å². The Morgan fingerprint density at radius 2 is 1.80 bits per heavy atom. The van der Waals surface area contributed by atoms with Crippen molar-refractivity contribution in [3.05, 3.63) is 75.8 Å². The van der Waals surface area contributed by atoms with Crippen LogP contribution in [0.15, 0.2) is 54.6 Å². The van der Waals surface area contributed by atoms with Crippen LogP contribution in [0, 0.1) is 0 Å². The highest BCUT2D eigenvalue weighted by Crippen LogP contribution is 2.54. The van der Waals surface area contributed by atoms with E-state index in [9.17, 15) is 9.59 Å². The smallest absolute Gasteiger partial charge is 0.238 e. The Labute approximate surface area is 219 Å². The van der Waals surface area contributed by atoms with Crippen LogP contribution in [0.1, 0.15) is 37.3 Å². The van der Waals surface area contributed by atoms with E-state index >= 15 is 0 Å². The molecule has 1 fully saturated rings. The van der Waals surface area contributed by atoms with Crippen LogP contribution >= 0.6 is 23.2 Å². The number of benzene rings is 2. The molecule has 0 saturated carbocycles. The summed E-state index contributed by atoms with van der Waals surface area (Å²) in [7, 11) is 0.798. The van der Waals surface area contributed by atoms with Crippen molar-refractivity contribution in [3.63, 3.8) is 0 Å². The molecule has 4 atom stereocenters. The van der Waals surface area contributed by atoms with Crippen LogP contribution < -0.4 is 10.6 Å². The zero-order chi connectivity index (χ0) is 26.1. The molecule has 0 aliphatic carbocycles. The second kappa shape index (κ2) is 10.5. The summed E-state index contributed by atoms with van der Waals surface area (Å²) in [4.78, 5) is 26.0. The van der Waals surface area contributed by atoms with E-state index in [1.807, 2.05) is 31.2 Å². The summed E-state index contributed by atoms with van der Waals surface area (Å²) in [5.41, 5.74) is 2.53. The van der Waals surface area contributed by atoms with Crippen LogP contribution in [0.3, 0.4) is 0 Å². The molecule has 2 amide bonds. The van der Waals surface area contributed by atoms with Gasteiger partial charge >= 0.3 is 0 Å². The summed E-state index contributed by atoms with van der Waals surface area (Å²) in [5.74, 6) is -0.666. The number of amides is 2. The molecule has 4 unspecified atom stereocenters. The Morgan fingerprint density at radius 3 is 2.34 bits per heavy atom. The highest BCUT2D eigenvalue weighted by molar-refractivity contribution is 6.77. The van der Waals surface area contributed by atoms with Crippen molar-refractivity contribution in [1.82, 2.24) is 5.32 Å². The molecule has 0 aromatic heterocycles. The van der Waals surface area contributed by atoms with E-state index in [-0.39, 0.29) is 24.2 Å². The van der Waals surface area contributed by atoms with E-state index in [2.05, 4.69) is 43.8 Å². The zero-order valence-corrected chi connectivity index (χ0v) is 23.7. The first-order valence-corrected chi connectivity index (χ1v) is 16.0. The fourth-order valence-electron chi connectivity index (χ4n) is 4.81. The molecule has 0 radical (unpaired) electrons. The van der Waals surface area contributed by atoms with Crippen molar-refractivity contribution in [2.24, 2.45) is 0 Å². The summed E-state index contributed by atoms with van der Waals surface area (Å²) >= 11 is 12.4. The molecular formula is C27H34Cl2N2O3Si. The van der Waals surface area contributed by atoms with Gasteiger partial charge in [0.25, 0.3) is 0 Å². The summed E-state index contributed by atoms with van der Waals surface area (Å²) in [5, 5.41) is 7.05. The predicted molar refractivity (Wildman–Crippen MR) is 147 cm³/mol. The van der Waals surface area contributed by atoms with Crippen LogP contribution in [-0.4, -0.2) is 38.8 Å². The highest BCUT2D eigenvalue weighted by atomic mass is 35.5. The van der Waals surface area contributed by atoms with Gasteiger partial charge in [-0.05, 0) is 49.2 Å². The molecule has 1 saturated heterocycles. The van der Waals surface area contributed by atoms with Crippen molar-refractivity contribution in [2.75, 3.05) is 12.4 Å². The van der Waals surface area contributed by atoms with E-state index in [1.165, 1.54) is 0 Å². The van der Waals surface area contributed by atoms with Gasteiger partial charge in [0, 0.05) is 40.9 Å². The lowest BCUT2D eigenvalue weighted by molar-refractivity contribution is -0.130.